The van der Waals surface area contributed by atoms with Gasteiger partial charge in [0.05, 0.1) is 11.8 Å². The Balaban J connectivity index is 1.85. The number of nitriles is 1. The molecule has 1 aliphatic carbocycles. The summed E-state index contributed by atoms with van der Waals surface area (Å²) in [5, 5.41) is 9.45. The van der Waals surface area contributed by atoms with E-state index in [1.54, 1.807) is 6.08 Å². The van der Waals surface area contributed by atoms with E-state index in [4.69, 9.17) is 4.74 Å². The Bertz CT molecular complexity index is 786. The fraction of sp³-hybridized carbons (Fsp3) is 0.318. The van der Waals surface area contributed by atoms with E-state index in [-0.39, 0.29) is 11.8 Å². The Hall–Kier alpha value is -2.57. The Labute approximate surface area is 149 Å². The number of anilines is 1. The van der Waals surface area contributed by atoms with Crippen LogP contribution in [-0.2, 0) is 4.74 Å². The second kappa shape index (κ2) is 6.74. The van der Waals surface area contributed by atoms with E-state index in [2.05, 4.69) is 35.2 Å². The van der Waals surface area contributed by atoms with Crippen LogP contribution in [0.25, 0.3) is 0 Å². The zero-order valence-electron chi connectivity index (χ0n) is 14.3. The number of hydrogen-bond donors (Lipinski definition) is 0. The van der Waals surface area contributed by atoms with Gasteiger partial charge in [-0.1, -0.05) is 67.8 Å². The van der Waals surface area contributed by atoms with Crippen molar-refractivity contribution in [1.29, 1.82) is 5.26 Å². The zero-order valence-corrected chi connectivity index (χ0v) is 14.3. The van der Waals surface area contributed by atoms with Crippen molar-refractivity contribution in [2.45, 2.75) is 43.9 Å². The van der Waals surface area contributed by atoms with E-state index < -0.39 is 0 Å². The topological polar surface area (TPSA) is 36.3 Å². The highest BCUT2D eigenvalue weighted by atomic mass is 16.5. The summed E-state index contributed by atoms with van der Waals surface area (Å²) in [6.45, 7) is 0. The van der Waals surface area contributed by atoms with Crippen molar-refractivity contribution < 1.29 is 4.74 Å². The van der Waals surface area contributed by atoms with Crippen molar-refractivity contribution in [1.82, 2.24) is 0 Å². The van der Waals surface area contributed by atoms with Crippen LogP contribution in [0, 0.1) is 11.3 Å². The lowest BCUT2D eigenvalue weighted by molar-refractivity contribution is -0.0500. The molecule has 2 aliphatic rings. The number of para-hydroxylation sites is 1. The number of nitrogens with zero attached hydrogens (tertiary/aromatic N) is 2. The third-order valence-corrected chi connectivity index (χ3v) is 5.28. The number of allylic oxidation sites excluding steroid dienone is 1. The molecule has 1 saturated heterocycles. The Morgan fingerprint density at radius 1 is 0.960 bits per heavy atom. The summed E-state index contributed by atoms with van der Waals surface area (Å²) in [5.74, 6) is 0. The average molecular weight is 330 g/mol. The van der Waals surface area contributed by atoms with E-state index in [9.17, 15) is 5.26 Å². The molecule has 4 rings (SSSR count). The molecule has 1 aliphatic heterocycles. The minimum Gasteiger partial charge on any atom is -0.341 e. The molecule has 1 unspecified atom stereocenters. The lowest BCUT2D eigenvalue weighted by atomic mass is 9.82. The molecule has 25 heavy (non-hydrogen) atoms. The van der Waals surface area contributed by atoms with Gasteiger partial charge in [0.1, 0.15) is 5.60 Å². The first-order valence-electron chi connectivity index (χ1n) is 9.01. The molecule has 0 aromatic heterocycles. The third kappa shape index (κ3) is 2.83. The van der Waals surface area contributed by atoms with Crippen LogP contribution < -0.4 is 4.90 Å². The first-order chi connectivity index (χ1) is 12.3. The fourth-order valence-corrected chi connectivity index (χ4v) is 4.13. The van der Waals surface area contributed by atoms with Gasteiger partial charge in [0.2, 0.25) is 0 Å². The molecule has 0 bridgehead atoms. The molecule has 1 atom stereocenters. The minimum absolute atomic E-state index is 0.193. The number of benzene rings is 2. The van der Waals surface area contributed by atoms with Gasteiger partial charge in [-0.3, -0.25) is 0 Å². The zero-order chi connectivity index (χ0) is 17.1. The monoisotopic (exact) mass is 330 g/mol. The molecule has 0 radical (unpaired) electrons. The number of ether oxygens (including phenoxy) is 1. The molecule has 1 heterocycles. The second-order valence-corrected chi connectivity index (χ2v) is 6.80. The van der Waals surface area contributed by atoms with Crippen LogP contribution in [0.2, 0.25) is 0 Å². The van der Waals surface area contributed by atoms with Crippen LogP contribution in [0.15, 0.2) is 72.4 Å². The van der Waals surface area contributed by atoms with Gasteiger partial charge in [-0.15, -0.1) is 0 Å². The molecular formula is C22H22N2O. The second-order valence-electron chi connectivity index (χ2n) is 6.80. The van der Waals surface area contributed by atoms with Crippen molar-refractivity contribution in [3.8, 4) is 6.07 Å². The standard InChI is InChI=1S/C22H22N2O/c23-17-14-20-22(15-8-3-9-16-22)25-21(18-10-4-1-5-11-18)24(20)19-12-6-2-7-13-19/h1-2,4-7,10-14,21H,3,8-9,15-16H2. The van der Waals surface area contributed by atoms with Crippen LogP contribution in [0.1, 0.15) is 43.9 Å². The van der Waals surface area contributed by atoms with Crippen LogP contribution in [0.4, 0.5) is 5.69 Å². The van der Waals surface area contributed by atoms with Crippen LogP contribution in [0.5, 0.6) is 0 Å². The van der Waals surface area contributed by atoms with Gasteiger partial charge >= 0.3 is 0 Å². The van der Waals surface area contributed by atoms with Gasteiger partial charge in [-0.2, -0.15) is 5.26 Å². The molecule has 2 aromatic rings. The predicted molar refractivity (Wildman–Crippen MR) is 98.7 cm³/mol. The minimum atomic E-state index is -0.343. The van der Waals surface area contributed by atoms with Crippen molar-refractivity contribution in [3.63, 3.8) is 0 Å². The maximum Gasteiger partial charge on any atom is 0.161 e. The van der Waals surface area contributed by atoms with Gasteiger partial charge in [-0.25, -0.2) is 0 Å². The summed E-state index contributed by atoms with van der Waals surface area (Å²) < 4.78 is 6.71. The Morgan fingerprint density at radius 3 is 2.24 bits per heavy atom. The third-order valence-electron chi connectivity index (χ3n) is 5.28. The van der Waals surface area contributed by atoms with Gasteiger partial charge in [0.25, 0.3) is 0 Å². The highest BCUT2D eigenvalue weighted by Gasteiger charge is 2.50. The predicted octanol–water partition coefficient (Wildman–Crippen LogP) is 5.33. The molecule has 3 heteroatoms. The molecule has 0 N–H and O–H groups in total. The maximum absolute atomic E-state index is 9.45. The van der Waals surface area contributed by atoms with Crippen molar-refractivity contribution >= 4 is 5.69 Å². The highest BCUT2D eigenvalue weighted by Crippen LogP contribution is 2.52. The van der Waals surface area contributed by atoms with Crippen molar-refractivity contribution in [2.24, 2.45) is 0 Å². The largest absolute Gasteiger partial charge is 0.341 e. The quantitative estimate of drug-likeness (QED) is 0.698. The first kappa shape index (κ1) is 15.9. The summed E-state index contributed by atoms with van der Waals surface area (Å²) in [4.78, 5) is 2.21. The van der Waals surface area contributed by atoms with Gasteiger partial charge in [0, 0.05) is 17.3 Å². The van der Waals surface area contributed by atoms with E-state index in [0.29, 0.717) is 0 Å². The summed E-state index contributed by atoms with van der Waals surface area (Å²) in [6, 6.07) is 22.8. The first-order valence-corrected chi connectivity index (χ1v) is 9.01. The van der Waals surface area contributed by atoms with Gasteiger partial charge in [-0.05, 0) is 25.0 Å². The normalized spacial score (nSPS) is 23.7. The van der Waals surface area contributed by atoms with Crippen molar-refractivity contribution in [3.05, 3.63) is 78.0 Å². The smallest absolute Gasteiger partial charge is 0.161 e. The van der Waals surface area contributed by atoms with E-state index in [0.717, 1.165) is 42.6 Å². The van der Waals surface area contributed by atoms with Gasteiger partial charge < -0.3 is 9.64 Å². The molecule has 0 amide bonds. The highest BCUT2D eigenvalue weighted by molar-refractivity contribution is 5.59. The summed E-state index contributed by atoms with van der Waals surface area (Å²) >= 11 is 0. The maximum atomic E-state index is 9.45. The van der Waals surface area contributed by atoms with Gasteiger partial charge in [0.15, 0.2) is 6.23 Å². The van der Waals surface area contributed by atoms with Crippen LogP contribution in [-0.4, -0.2) is 5.60 Å². The summed E-state index contributed by atoms with van der Waals surface area (Å²) in [5.41, 5.74) is 2.86. The van der Waals surface area contributed by atoms with Crippen LogP contribution in [0.3, 0.4) is 0 Å². The number of rotatable bonds is 2. The fourth-order valence-electron chi connectivity index (χ4n) is 4.13. The number of hydrogen-bond acceptors (Lipinski definition) is 3. The molecule has 1 saturated carbocycles. The summed E-state index contributed by atoms with van der Waals surface area (Å²) in [6.07, 6.45) is 6.99. The molecule has 126 valence electrons. The Kier molecular flexibility index (Phi) is 4.29. The molecule has 3 nitrogen and oxygen atoms in total. The average Bonchev–Trinajstić information content (AvgIpc) is 2.98. The lowest BCUT2D eigenvalue weighted by Gasteiger charge is -2.33. The Morgan fingerprint density at radius 2 is 1.60 bits per heavy atom. The van der Waals surface area contributed by atoms with E-state index >= 15 is 0 Å². The lowest BCUT2D eigenvalue weighted by Crippen LogP contribution is -2.34. The van der Waals surface area contributed by atoms with E-state index in [1.165, 1.54) is 6.42 Å². The van der Waals surface area contributed by atoms with E-state index in [1.807, 2.05) is 36.4 Å². The van der Waals surface area contributed by atoms with Crippen LogP contribution >= 0.6 is 0 Å². The molecule has 1 spiro atoms. The van der Waals surface area contributed by atoms with Crippen molar-refractivity contribution in [2.75, 3.05) is 4.90 Å². The molecular weight excluding hydrogens is 308 g/mol. The molecule has 2 fully saturated rings. The SMILES string of the molecule is N#CC=C1N(c2ccccc2)C(c2ccccc2)OC12CCCCC2. The molecule has 2 aromatic carbocycles. The summed E-state index contributed by atoms with van der Waals surface area (Å²) in [7, 11) is 0.